The van der Waals surface area contributed by atoms with Crippen molar-refractivity contribution in [2.45, 2.75) is 0 Å². The van der Waals surface area contributed by atoms with Crippen LogP contribution in [-0.4, -0.2) is 16.7 Å². The predicted molar refractivity (Wildman–Crippen MR) is 110 cm³/mol. The Bertz CT molecular complexity index is 1050. The Morgan fingerprint density at radius 3 is 2.00 bits per heavy atom. The van der Waals surface area contributed by atoms with E-state index in [1.807, 2.05) is 24.3 Å². The van der Waals surface area contributed by atoms with Crippen molar-refractivity contribution in [3.63, 3.8) is 0 Å². The molecule has 2 amide bonds. The van der Waals surface area contributed by atoms with Crippen molar-refractivity contribution in [1.29, 1.82) is 0 Å². The highest BCUT2D eigenvalue weighted by Crippen LogP contribution is 2.14. The van der Waals surface area contributed by atoms with Gasteiger partial charge in [0.15, 0.2) is 0 Å². The lowest BCUT2D eigenvalue weighted by molar-refractivity contribution is -0.384. The number of non-ortho nitro benzene ring substituents is 1. The normalized spacial score (nSPS) is 10.8. The molecule has 0 atom stereocenters. The maximum atomic E-state index is 12.7. The number of hydrogen-bond donors (Lipinski definition) is 2. The SMILES string of the molecule is O=C(Nc1ccccc1)C(=Cc1ccccc1)NC(=O)c1ccc([N+](=O)[O-])cc1. The Morgan fingerprint density at radius 1 is 0.828 bits per heavy atom. The molecular formula is C22H17N3O4. The summed E-state index contributed by atoms with van der Waals surface area (Å²) in [4.78, 5) is 35.5. The molecule has 0 heterocycles. The van der Waals surface area contributed by atoms with Gasteiger partial charge >= 0.3 is 0 Å². The summed E-state index contributed by atoms with van der Waals surface area (Å²) in [6, 6.07) is 23.1. The second-order valence-electron chi connectivity index (χ2n) is 6.05. The maximum Gasteiger partial charge on any atom is 0.272 e. The lowest BCUT2D eigenvalue weighted by atomic mass is 10.1. The van der Waals surface area contributed by atoms with Crippen molar-refractivity contribution in [3.8, 4) is 0 Å². The third-order valence-corrected chi connectivity index (χ3v) is 3.98. The zero-order valence-corrected chi connectivity index (χ0v) is 15.2. The van der Waals surface area contributed by atoms with Crippen molar-refractivity contribution >= 4 is 29.3 Å². The van der Waals surface area contributed by atoms with Gasteiger partial charge in [-0.3, -0.25) is 19.7 Å². The first kappa shape index (κ1) is 19.5. The van der Waals surface area contributed by atoms with Crippen molar-refractivity contribution in [2.24, 2.45) is 0 Å². The Labute approximate surface area is 166 Å². The van der Waals surface area contributed by atoms with Crippen LogP contribution >= 0.6 is 0 Å². The molecule has 3 aromatic rings. The predicted octanol–water partition coefficient (Wildman–Crippen LogP) is 4.00. The molecule has 0 aromatic heterocycles. The van der Waals surface area contributed by atoms with Gasteiger partial charge in [-0.15, -0.1) is 0 Å². The molecule has 0 aliphatic rings. The van der Waals surface area contributed by atoms with Crippen molar-refractivity contribution in [1.82, 2.24) is 5.32 Å². The molecule has 29 heavy (non-hydrogen) atoms. The van der Waals surface area contributed by atoms with Gasteiger partial charge in [0.1, 0.15) is 5.70 Å². The molecule has 0 saturated heterocycles. The van der Waals surface area contributed by atoms with E-state index < -0.39 is 16.7 Å². The van der Waals surface area contributed by atoms with E-state index in [0.717, 1.165) is 5.56 Å². The van der Waals surface area contributed by atoms with Crippen LogP contribution in [0.25, 0.3) is 6.08 Å². The van der Waals surface area contributed by atoms with E-state index in [1.54, 1.807) is 42.5 Å². The number of carbonyl (C=O) groups is 2. The fraction of sp³-hybridized carbons (Fsp3) is 0. The number of nitrogens with zero attached hydrogens (tertiary/aromatic N) is 1. The zero-order chi connectivity index (χ0) is 20.6. The number of para-hydroxylation sites is 1. The third-order valence-electron chi connectivity index (χ3n) is 3.98. The lowest BCUT2D eigenvalue weighted by Crippen LogP contribution is -2.30. The van der Waals surface area contributed by atoms with Gasteiger partial charge in [0.25, 0.3) is 17.5 Å². The van der Waals surface area contributed by atoms with Gasteiger partial charge in [0.05, 0.1) is 4.92 Å². The van der Waals surface area contributed by atoms with E-state index in [1.165, 1.54) is 24.3 Å². The minimum atomic E-state index is -0.551. The molecule has 3 rings (SSSR count). The van der Waals surface area contributed by atoms with Crippen LogP contribution < -0.4 is 10.6 Å². The van der Waals surface area contributed by atoms with Gasteiger partial charge in [0.2, 0.25) is 0 Å². The number of hydrogen-bond acceptors (Lipinski definition) is 4. The number of nitro benzene ring substituents is 1. The summed E-state index contributed by atoms with van der Waals surface area (Å²) in [6.45, 7) is 0. The van der Waals surface area contributed by atoms with Crippen LogP contribution in [0.5, 0.6) is 0 Å². The lowest BCUT2D eigenvalue weighted by Gasteiger charge is -2.11. The highest BCUT2D eigenvalue weighted by molar-refractivity contribution is 6.10. The van der Waals surface area contributed by atoms with Crippen molar-refractivity contribution in [2.75, 3.05) is 5.32 Å². The van der Waals surface area contributed by atoms with E-state index in [-0.39, 0.29) is 16.9 Å². The van der Waals surface area contributed by atoms with Gasteiger partial charge < -0.3 is 10.6 Å². The Kier molecular flexibility index (Phi) is 6.12. The number of nitrogens with one attached hydrogen (secondary N) is 2. The summed E-state index contributed by atoms with van der Waals surface area (Å²) in [7, 11) is 0. The van der Waals surface area contributed by atoms with Crippen LogP contribution in [-0.2, 0) is 4.79 Å². The van der Waals surface area contributed by atoms with E-state index in [4.69, 9.17) is 0 Å². The molecule has 3 aromatic carbocycles. The highest BCUT2D eigenvalue weighted by Gasteiger charge is 2.16. The van der Waals surface area contributed by atoms with Crippen LogP contribution in [0.2, 0.25) is 0 Å². The number of nitro groups is 1. The molecule has 0 aliphatic carbocycles. The fourth-order valence-corrected chi connectivity index (χ4v) is 2.52. The Hall–Kier alpha value is -4.26. The summed E-state index contributed by atoms with van der Waals surface area (Å²) in [6.07, 6.45) is 1.56. The first-order valence-corrected chi connectivity index (χ1v) is 8.72. The molecule has 7 nitrogen and oxygen atoms in total. The largest absolute Gasteiger partial charge is 0.321 e. The summed E-state index contributed by atoms with van der Waals surface area (Å²) >= 11 is 0. The maximum absolute atomic E-state index is 12.7. The average Bonchev–Trinajstić information content (AvgIpc) is 2.74. The van der Waals surface area contributed by atoms with Crippen LogP contribution in [0.15, 0.2) is 90.6 Å². The minimum Gasteiger partial charge on any atom is -0.321 e. The molecule has 0 spiro atoms. The van der Waals surface area contributed by atoms with Crippen molar-refractivity contribution in [3.05, 3.63) is 112 Å². The van der Waals surface area contributed by atoms with Crippen LogP contribution in [0, 0.1) is 10.1 Å². The average molecular weight is 387 g/mol. The first-order chi connectivity index (χ1) is 14.0. The molecule has 7 heteroatoms. The number of rotatable bonds is 6. The van der Waals surface area contributed by atoms with Crippen LogP contribution in [0.3, 0.4) is 0 Å². The van der Waals surface area contributed by atoms with E-state index >= 15 is 0 Å². The molecule has 2 N–H and O–H groups in total. The summed E-state index contributed by atoms with van der Waals surface area (Å²) in [5.41, 5.74) is 1.43. The molecule has 0 unspecified atom stereocenters. The van der Waals surface area contributed by atoms with Gasteiger partial charge in [0, 0.05) is 23.4 Å². The summed E-state index contributed by atoms with van der Waals surface area (Å²) in [5, 5.41) is 16.1. The van der Waals surface area contributed by atoms with Gasteiger partial charge in [-0.05, 0) is 35.9 Å². The molecule has 0 aliphatic heterocycles. The standard InChI is InChI=1S/C22H17N3O4/c26-21(17-11-13-19(14-12-17)25(28)29)24-20(15-16-7-3-1-4-8-16)22(27)23-18-9-5-2-6-10-18/h1-15H,(H,23,27)(H,24,26). The van der Waals surface area contributed by atoms with Crippen molar-refractivity contribution < 1.29 is 14.5 Å². The Balaban J connectivity index is 1.84. The first-order valence-electron chi connectivity index (χ1n) is 8.72. The van der Waals surface area contributed by atoms with Gasteiger partial charge in [-0.2, -0.15) is 0 Å². The van der Waals surface area contributed by atoms with Gasteiger partial charge in [-0.1, -0.05) is 48.5 Å². The van der Waals surface area contributed by atoms with E-state index in [0.29, 0.717) is 5.69 Å². The molecular weight excluding hydrogens is 370 g/mol. The number of anilines is 1. The molecule has 144 valence electrons. The van der Waals surface area contributed by atoms with E-state index in [2.05, 4.69) is 10.6 Å². The molecule has 0 bridgehead atoms. The van der Waals surface area contributed by atoms with E-state index in [9.17, 15) is 19.7 Å². The van der Waals surface area contributed by atoms with Gasteiger partial charge in [-0.25, -0.2) is 0 Å². The monoisotopic (exact) mass is 387 g/mol. The minimum absolute atomic E-state index is 0.0448. The third kappa shape index (κ3) is 5.36. The van der Waals surface area contributed by atoms with Crippen LogP contribution in [0.1, 0.15) is 15.9 Å². The topological polar surface area (TPSA) is 101 Å². The molecule has 0 saturated carbocycles. The smallest absolute Gasteiger partial charge is 0.272 e. The molecule has 0 radical (unpaired) electrons. The number of amides is 2. The van der Waals surface area contributed by atoms with Crippen LogP contribution in [0.4, 0.5) is 11.4 Å². The summed E-state index contributed by atoms with van der Waals surface area (Å²) in [5.74, 6) is -1.04. The highest BCUT2D eigenvalue weighted by atomic mass is 16.6. The number of benzene rings is 3. The fourth-order valence-electron chi connectivity index (χ4n) is 2.52. The quantitative estimate of drug-likeness (QED) is 0.379. The Morgan fingerprint density at radius 2 is 1.41 bits per heavy atom. The second-order valence-corrected chi connectivity index (χ2v) is 6.05. The number of carbonyl (C=O) groups excluding carboxylic acids is 2. The zero-order valence-electron chi connectivity index (χ0n) is 15.2. The second kappa shape index (κ2) is 9.09. The summed E-state index contributed by atoms with van der Waals surface area (Å²) < 4.78 is 0. The molecule has 0 fully saturated rings.